The molecule has 0 aliphatic rings. The fourth-order valence-corrected chi connectivity index (χ4v) is 2.17. The lowest BCUT2D eigenvalue weighted by Gasteiger charge is -2.07. The Balaban J connectivity index is 1.82. The Morgan fingerprint density at radius 2 is 2.30 bits per heavy atom. The molecule has 0 saturated heterocycles. The molecule has 7 heteroatoms. The molecule has 0 unspecified atom stereocenters. The summed E-state index contributed by atoms with van der Waals surface area (Å²) in [6.07, 6.45) is 4.23. The first-order chi connectivity index (χ1) is 9.61. The van der Waals surface area contributed by atoms with Gasteiger partial charge in [0, 0.05) is 25.8 Å². The number of nitrogens with zero attached hydrogens (tertiary/aromatic N) is 4. The third kappa shape index (κ3) is 3.39. The topological polar surface area (TPSA) is 64.7 Å². The first-order valence-corrected chi connectivity index (χ1v) is 6.99. The molecule has 0 aliphatic heterocycles. The van der Waals surface area contributed by atoms with Crippen LogP contribution in [0.4, 0.5) is 0 Å². The number of halogens is 1. The molecule has 2 heterocycles. The van der Waals surface area contributed by atoms with Crippen LogP contribution in [0, 0.1) is 6.92 Å². The maximum atomic E-state index is 12.0. The Hall–Kier alpha value is -1.82. The van der Waals surface area contributed by atoms with Crippen molar-refractivity contribution in [1.82, 2.24) is 24.9 Å². The molecular weight excluding hydrogens is 278 g/mol. The molecule has 2 aromatic rings. The molecule has 0 aromatic carbocycles. The lowest BCUT2D eigenvalue weighted by atomic mass is 10.3. The summed E-state index contributed by atoms with van der Waals surface area (Å²) >= 11 is 5.97. The summed E-state index contributed by atoms with van der Waals surface area (Å²) in [6.45, 7) is 5.83. The maximum Gasteiger partial charge on any atom is 0.271 e. The molecule has 1 amide bonds. The van der Waals surface area contributed by atoms with E-state index in [1.54, 1.807) is 4.68 Å². The van der Waals surface area contributed by atoms with Crippen LogP contribution >= 0.6 is 11.6 Å². The molecule has 6 nitrogen and oxygen atoms in total. The smallest absolute Gasteiger partial charge is 0.271 e. The van der Waals surface area contributed by atoms with Crippen LogP contribution in [0.2, 0.25) is 5.02 Å². The van der Waals surface area contributed by atoms with E-state index < -0.39 is 0 Å². The molecule has 108 valence electrons. The van der Waals surface area contributed by atoms with Gasteiger partial charge in [0.05, 0.1) is 16.9 Å². The fraction of sp³-hybridized carbons (Fsp3) is 0.462. The Morgan fingerprint density at radius 3 is 2.95 bits per heavy atom. The standard InChI is InChI=1S/C13H18ClN5O/c1-3-19-12(11(14)9-16-19)13(20)15-6-4-7-18-8-5-10(2)17-18/h5,8-9H,3-4,6-7H2,1-2H3,(H,15,20). The third-order valence-corrected chi connectivity index (χ3v) is 3.21. The fourth-order valence-electron chi connectivity index (χ4n) is 1.94. The van der Waals surface area contributed by atoms with Crippen LogP contribution in [0.15, 0.2) is 18.5 Å². The number of hydrogen-bond donors (Lipinski definition) is 1. The Morgan fingerprint density at radius 1 is 1.50 bits per heavy atom. The molecule has 0 atom stereocenters. The number of hydrogen-bond acceptors (Lipinski definition) is 3. The van der Waals surface area contributed by atoms with Gasteiger partial charge in [-0.25, -0.2) is 0 Å². The van der Waals surface area contributed by atoms with Gasteiger partial charge in [0.25, 0.3) is 5.91 Å². The summed E-state index contributed by atoms with van der Waals surface area (Å²) in [5.41, 5.74) is 1.41. The molecule has 1 N–H and O–H groups in total. The zero-order valence-electron chi connectivity index (χ0n) is 11.6. The highest BCUT2D eigenvalue weighted by Gasteiger charge is 2.15. The van der Waals surface area contributed by atoms with Crippen molar-refractivity contribution in [3.05, 3.63) is 34.9 Å². The van der Waals surface area contributed by atoms with Crippen LogP contribution in [0.3, 0.4) is 0 Å². The van der Waals surface area contributed by atoms with E-state index in [2.05, 4.69) is 15.5 Å². The molecule has 0 radical (unpaired) electrons. The maximum absolute atomic E-state index is 12.0. The highest BCUT2D eigenvalue weighted by molar-refractivity contribution is 6.33. The zero-order chi connectivity index (χ0) is 14.5. The van der Waals surface area contributed by atoms with Gasteiger partial charge in [-0.3, -0.25) is 14.2 Å². The predicted molar refractivity (Wildman–Crippen MR) is 76.8 cm³/mol. The van der Waals surface area contributed by atoms with E-state index in [1.165, 1.54) is 6.20 Å². The van der Waals surface area contributed by atoms with Crippen molar-refractivity contribution >= 4 is 17.5 Å². The second kappa shape index (κ2) is 6.56. The number of carbonyl (C=O) groups excluding carboxylic acids is 1. The Labute approximate surface area is 122 Å². The van der Waals surface area contributed by atoms with E-state index in [0.29, 0.717) is 23.8 Å². The van der Waals surface area contributed by atoms with Gasteiger partial charge in [-0.15, -0.1) is 0 Å². The number of nitrogens with one attached hydrogen (secondary N) is 1. The number of aromatic nitrogens is 4. The Kier molecular flexibility index (Phi) is 4.79. The number of amides is 1. The molecule has 0 spiro atoms. The van der Waals surface area contributed by atoms with E-state index in [-0.39, 0.29) is 5.91 Å². The second-order valence-corrected chi connectivity index (χ2v) is 4.89. The van der Waals surface area contributed by atoms with Crippen LogP contribution in [-0.4, -0.2) is 32.0 Å². The molecule has 0 fully saturated rings. The van der Waals surface area contributed by atoms with Gasteiger partial charge >= 0.3 is 0 Å². The lowest BCUT2D eigenvalue weighted by molar-refractivity contribution is 0.0942. The summed E-state index contributed by atoms with van der Waals surface area (Å²) in [5.74, 6) is -0.189. The van der Waals surface area contributed by atoms with Gasteiger partial charge in [0.1, 0.15) is 5.69 Å². The van der Waals surface area contributed by atoms with Crippen molar-refractivity contribution < 1.29 is 4.79 Å². The van der Waals surface area contributed by atoms with Gasteiger partial charge in [-0.05, 0) is 26.3 Å². The molecule has 2 rings (SSSR count). The zero-order valence-corrected chi connectivity index (χ0v) is 12.4. The summed E-state index contributed by atoms with van der Waals surface area (Å²) in [5, 5.41) is 11.6. The molecule has 20 heavy (non-hydrogen) atoms. The van der Waals surface area contributed by atoms with Crippen molar-refractivity contribution in [2.45, 2.75) is 33.4 Å². The summed E-state index contributed by atoms with van der Waals surface area (Å²) < 4.78 is 3.46. The van der Waals surface area contributed by atoms with Crippen LogP contribution < -0.4 is 5.32 Å². The average molecular weight is 296 g/mol. The van der Waals surface area contributed by atoms with Crippen molar-refractivity contribution in [1.29, 1.82) is 0 Å². The van der Waals surface area contributed by atoms with Gasteiger partial charge in [0.2, 0.25) is 0 Å². The lowest BCUT2D eigenvalue weighted by Crippen LogP contribution is -2.28. The molecule has 0 saturated carbocycles. The highest BCUT2D eigenvalue weighted by atomic mass is 35.5. The summed E-state index contributed by atoms with van der Waals surface area (Å²) in [4.78, 5) is 12.0. The van der Waals surface area contributed by atoms with Gasteiger partial charge in [-0.1, -0.05) is 11.6 Å². The minimum Gasteiger partial charge on any atom is -0.351 e. The minimum atomic E-state index is -0.189. The van der Waals surface area contributed by atoms with E-state index in [1.807, 2.05) is 30.8 Å². The van der Waals surface area contributed by atoms with Crippen LogP contribution in [0.5, 0.6) is 0 Å². The van der Waals surface area contributed by atoms with Crippen molar-refractivity contribution in [2.24, 2.45) is 0 Å². The normalized spacial score (nSPS) is 10.8. The predicted octanol–water partition coefficient (Wildman–Crippen LogP) is 1.88. The Bertz CT molecular complexity index is 589. The van der Waals surface area contributed by atoms with Crippen molar-refractivity contribution in [2.75, 3.05) is 6.54 Å². The molecular formula is C13H18ClN5O. The van der Waals surface area contributed by atoms with Gasteiger partial charge in [-0.2, -0.15) is 10.2 Å². The van der Waals surface area contributed by atoms with Gasteiger partial charge < -0.3 is 5.32 Å². The number of carbonyl (C=O) groups is 1. The van der Waals surface area contributed by atoms with Crippen molar-refractivity contribution in [3.8, 4) is 0 Å². The molecule has 2 aromatic heterocycles. The van der Waals surface area contributed by atoms with E-state index in [0.717, 1.165) is 18.7 Å². The number of rotatable bonds is 6. The average Bonchev–Trinajstić information content (AvgIpc) is 3.00. The minimum absolute atomic E-state index is 0.189. The monoisotopic (exact) mass is 295 g/mol. The quantitative estimate of drug-likeness (QED) is 0.828. The SMILES string of the molecule is CCn1ncc(Cl)c1C(=O)NCCCn1ccc(C)n1. The molecule has 0 aliphatic carbocycles. The third-order valence-electron chi connectivity index (χ3n) is 2.93. The largest absolute Gasteiger partial charge is 0.351 e. The summed E-state index contributed by atoms with van der Waals surface area (Å²) in [6, 6.07) is 1.96. The van der Waals surface area contributed by atoms with Crippen LogP contribution in [0.25, 0.3) is 0 Å². The highest BCUT2D eigenvalue weighted by Crippen LogP contribution is 2.14. The number of aryl methyl sites for hydroxylation is 3. The van der Waals surface area contributed by atoms with E-state index in [4.69, 9.17) is 11.6 Å². The molecule has 0 bridgehead atoms. The summed E-state index contributed by atoms with van der Waals surface area (Å²) in [7, 11) is 0. The van der Waals surface area contributed by atoms with Crippen LogP contribution in [0.1, 0.15) is 29.5 Å². The van der Waals surface area contributed by atoms with E-state index >= 15 is 0 Å². The van der Waals surface area contributed by atoms with E-state index in [9.17, 15) is 4.79 Å². The second-order valence-electron chi connectivity index (χ2n) is 4.49. The van der Waals surface area contributed by atoms with Crippen molar-refractivity contribution in [3.63, 3.8) is 0 Å². The van der Waals surface area contributed by atoms with Crippen LogP contribution in [-0.2, 0) is 13.1 Å². The first-order valence-electron chi connectivity index (χ1n) is 6.61. The first kappa shape index (κ1) is 14.6. The van der Waals surface area contributed by atoms with Gasteiger partial charge in [0.15, 0.2) is 0 Å².